The van der Waals surface area contributed by atoms with Crippen LogP contribution in [0.2, 0.25) is 0 Å². The van der Waals surface area contributed by atoms with Gasteiger partial charge >= 0.3 is 0 Å². The molecule has 0 N–H and O–H groups in total. The van der Waals surface area contributed by atoms with Gasteiger partial charge in [0.05, 0.1) is 17.4 Å². The third kappa shape index (κ3) is 3.07. The van der Waals surface area contributed by atoms with Gasteiger partial charge in [-0.1, -0.05) is 25.1 Å². The van der Waals surface area contributed by atoms with Crippen LogP contribution in [-0.2, 0) is 6.42 Å². The standard InChI is InChI=1S/C19H25N3O2/c1-12(2)11-22(19(23)17-13(3)21-24-14(17)4)16-9-5-7-15-8-6-10-20-18(15)16/h6,8,10,12,16H,5,7,9,11H2,1-4H3/t16-/m0/s1. The van der Waals surface area contributed by atoms with Gasteiger partial charge in [-0.3, -0.25) is 9.78 Å². The quantitative estimate of drug-likeness (QED) is 0.855. The maximum Gasteiger partial charge on any atom is 0.259 e. The molecule has 2 aromatic heterocycles. The summed E-state index contributed by atoms with van der Waals surface area (Å²) >= 11 is 0. The number of carbonyl (C=O) groups is 1. The van der Waals surface area contributed by atoms with Crippen LogP contribution in [0, 0.1) is 19.8 Å². The van der Waals surface area contributed by atoms with Gasteiger partial charge in [0.2, 0.25) is 0 Å². The SMILES string of the molecule is Cc1noc(C)c1C(=O)N(CC(C)C)[C@H]1CCCc2cccnc21. The second-order valence-corrected chi connectivity index (χ2v) is 7.01. The first kappa shape index (κ1) is 16.7. The number of amides is 1. The summed E-state index contributed by atoms with van der Waals surface area (Å²) in [7, 11) is 0. The molecular formula is C19H25N3O2. The number of nitrogens with zero attached hydrogens (tertiary/aromatic N) is 3. The van der Waals surface area contributed by atoms with E-state index in [9.17, 15) is 4.79 Å². The van der Waals surface area contributed by atoms with E-state index < -0.39 is 0 Å². The van der Waals surface area contributed by atoms with E-state index in [1.165, 1.54) is 5.56 Å². The lowest BCUT2D eigenvalue weighted by Crippen LogP contribution is -2.40. The van der Waals surface area contributed by atoms with Crippen molar-refractivity contribution in [2.75, 3.05) is 6.54 Å². The third-order valence-corrected chi connectivity index (χ3v) is 4.61. The summed E-state index contributed by atoms with van der Waals surface area (Å²) in [6, 6.07) is 4.13. The Morgan fingerprint density at radius 3 is 2.88 bits per heavy atom. The molecule has 0 aliphatic heterocycles. The van der Waals surface area contributed by atoms with Crippen molar-refractivity contribution in [3.8, 4) is 0 Å². The molecule has 1 amide bonds. The summed E-state index contributed by atoms with van der Waals surface area (Å²) in [5.41, 5.74) is 3.56. The molecule has 1 aliphatic rings. The Bertz CT molecular complexity index is 716. The Kier molecular flexibility index (Phi) is 4.69. The lowest BCUT2D eigenvalue weighted by Gasteiger charge is -2.36. The van der Waals surface area contributed by atoms with Crippen LogP contribution in [0.5, 0.6) is 0 Å². The molecule has 1 aliphatic carbocycles. The fourth-order valence-corrected chi connectivity index (χ4v) is 3.57. The first-order chi connectivity index (χ1) is 11.5. The number of pyridine rings is 1. The molecule has 0 saturated heterocycles. The molecule has 0 unspecified atom stereocenters. The zero-order valence-electron chi connectivity index (χ0n) is 14.9. The van der Waals surface area contributed by atoms with Gasteiger partial charge in [-0.05, 0) is 50.7 Å². The number of hydrogen-bond acceptors (Lipinski definition) is 4. The molecule has 2 heterocycles. The summed E-state index contributed by atoms with van der Waals surface area (Å²) in [5.74, 6) is 0.968. The van der Waals surface area contributed by atoms with E-state index in [-0.39, 0.29) is 11.9 Å². The molecule has 1 atom stereocenters. The van der Waals surface area contributed by atoms with Crippen molar-refractivity contribution < 1.29 is 9.32 Å². The molecule has 0 bridgehead atoms. The van der Waals surface area contributed by atoms with Gasteiger partial charge in [0.1, 0.15) is 11.3 Å². The van der Waals surface area contributed by atoms with Gasteiger partial charge in [0.15, 0.2) is 0 Å². The number of fused-ring (bicyclic) bond motifs is 1. The predicted octanol–water partition coefficient (Wildman–Crippen LogP) is 3.86. The normalized spacial score (nSPS) is 17.0. The molecule has 128 valence electrons. The smallest absolute Gasteiger partial charge is 0.259 e. The summed E-state index contributed by atoms with van der Waals surface area (Å²) < 4.78 is 5.22. The number of carbonyl (C=O) groups excluding carboxylic acids is 1. The Morgan fingerprint density at radius 1 is 1.42 bits per heavy atom. The Balaban J connectivity index is 2.01. The topological polar surface area (TPSA) is 59.2 Å². The summed E-state index contributed by atoms with van der Waals surface area (Å²) in [6.45, 7) is 8.59. The highest BCUT2D eigenvalue weighted by Gasteiger charge is 2.33. The first-order valence-corrected chi connectivity index (χ1v) is 8.66. The zero-order valence-corrected chi connectivity index (χ0v) is 14.9. The Morgan fingerprint density at radius 2 is 2.21 bits per heavy atom. The van der Waals surface area contributed by atoms with E-state index in [2.05, 4.69) is 30.1 Å². The number of hydrogen-bond donors (Lipinski definition) is 0. The highest BCUT2D eigenvalue weighted by atomic mass is 16.5. The average Bonchev–Trinajstić information content (AvgIpc) is 2.90. The van der Waals surface area contributed by atoms with Crippen LogP contribution >= 0.6 is 0 Å². The van der Waals surface area contributed by atoms with Gasteiger partial charge in [0.25, 0.3) is 5.91 Å². The predicted molar refractivity (Wildman–Crippen MR) is 91.8 cm³/mol. The van der Waals surface area contributed by atoms with Crippen LogP contribution in [0.3, 0.4) is 0 Å². The van der Waals surface area contributed by atoms with Gasteiger partial charge in [-0.2, -0.15) is 0 Å². The van der Waals surface area contributed by atoms with Gasteiger partial charge < -0.3 is 9.42 Å². The maximum absolute atomic E-state index is 13.3. The highest BCUT2D eigenvalue weighted by Crippen LogP contribution is 2.34. The van der Waals surface area contributed by atoms with Crippen LogP contribution < -0.4 is 0 Å². The average molecular weight is 327 g/mol. The summed E-state index contributed by atoms with van der Waals surface area (Å²) in [5, 5.41) is 3.95. The second kappa shape index (κ2) is 6.75. The summed E-state index contributed by atoms with van der Waals surface area (Å²) in [6.07, 6.45) is 4.89. The minimum absolute atomic E-state index is 0.00320. The molecule has 0 spiro atoms. The molecule has 0 aromatic carbocycles. The highest BCUT2D eigenvalue weighted by molar-refractivity contribution is 5.96. The van der Waals surface area contributed by atoms with Gasteiger partial charge in [-0.25, -0.2) is 0 Å². The molecule has 2 aromatic rings. The van der Waals surface area contributed by atoms with Crippen LogP contribution in [0.1, 0.15) is 65.8 Å². The lowest BCUT2D eigenvalue weighted by atomic mass is 9.90. The van der Waals surface area contributed by atoms with E-state index in [0.29, 0.717) is 29.5 Å². The second-order valence-electron chi connectivity index (χ2n) is 7.01. The van der Waals surface area contributed by atoms with Crippen molar-refractivity contribution in [1.82, 2.24) is 15.0 Å². The number of aryl methyl sites for hydroxylation is 3. The van der Waals surface area contributed by atoms with Gasteiger partial charge in [0, 0.05) is 12.7 Å². The van der Waals surface area contributed by atoms with Gasteiger partial charge in [-0.15, -0.1) is 0 Å². The van der Waals surface area contributed by atoms with E-state index in [1.54, 1.807) is 6.92 Å². The zero-order chi connectivity index (χ0) is 17.3. The van der Waals surface area contributed by atoms with Crippen molar-refractivity contribution >= 4 is 5.91 Å². The molecule has 24 heavy (non-hydrogen) atoms. The Labute approximate surface area is 143 Å². The minimum atomic E-state index is 0.00320. The molecule has 5 heteroatoms. The number of rotatable bonds is 4. The summed E-state index contributed by atoms with van der Waals surface area (Å²) in [4.78, 5) is 19.9. The fraction of sp³-hybridized carbons (Fsp3) is 0.526. The van der Waals surface area contributed by atoms with E-state index in [4.69, 9.17) is 4.52 Å². The van der Waals surface area contributed by atoms with Crippen LogP contribution in [0.15, 0.2) is 22.9 Å². The molecule has 0 saturated carbocycles. The van der Waals surface area contributed by atoms with Crippen LogP contribution in [-0.4, -0.2) is 27.5 Å². The van der Waals surface area contributed by atoms with E-state index in [0.717, 1.165) is 25.0 Å². The molecule has 0 radical (unpaired) electrons. The van der Waals surface area contributed by atoms with Crippen molar-refractivity contribution in [1.29, 1.82) is 0 Å². The van der Waals surface area contributed by atoms with Crippen molar-refractivity contribution in [2.24, 2.45) is 5.92 Å². The first-order valence-electron chi connectivity index (χ1n) is 8.66. The molecule has 0 fully saturated rings. The van der Waals surface area contributed by atoms with E-state index in [1.807, 2.05) is 24.1 Å². The molecule has 5 nitrogen and oxygen atoms in total. The van der Waals surface area contributed by atoms with E-state index >= 15 is 0 Å². The van der Waals surface area contributed by atoms with Crippen molar-refractivity contribution in [3.05, 3.63) is 46.6 Å². The van der Waals surface area contributed by atoms with Crippen molar-refractivity contribution in [2.45, 2.75) is 53.0 Å². The minimum Gasteiger partial charge on any atom is -0.361 e. The maximum atomic E-state index is 13.3. The fourth-order valence-electron chi connectivity index (χ4n) is 3.57. The van der Waals surface area contributed by atoms with Crippen molar-refractivity contribution in [3.63, 3.8) is 0 Å². The Hall–Kier alpha value is -2.17. The monoisotopic (exact) mass is 327 g/mol. The third-order valence-electron chi connectivity index (χ3n) is 4.61. The largest absolute Gasteiger partial charge is 0.361 e. The van der Waals surface area contributed by atoms with Crippen LogP contribution in [0.25, 0.3) is 0 Å². The molecule has 3 rings (SSSR count). The van der Waals surface area contributed by atoms with Crippen LogP contribution in [0.4, 0.5) is 0 Å². The lowest BCUT2D eigenvalue weighted by molar-refractivity contribution is 0.0621. The molecular weight excluding hydrogens is 302 g/mol. The number of aromatic nitrogens is 2.